The van der Waals surface area contributed by atoms with Crippen LogP contribution in [0.2, 0.25) is 0 Å². The van der Waals surface area contributed by atoms with Crippen molar-refractivity contribution in [3.05, 3.63) is 0 Å². The Morgan fingerprint density at radius 2 is 1.00 bits per heavy atom. The molecule has 4 heteroatoms. The second kappa shape index (κ2) is 17.1. The van der Waals surface area contributed by atoms with E-state index in [0.717, 1.165) is 0 Å². The van der Waals surface area contributed by atoms with Crippen LogP contribution in [0.5, 0.6) is 0 Å². The molecule has 0 fully saturated rings. The van der Waals surface area contributed by atoms with E-state index in [-0.39, 0.29) is 89.1 Å². The molecule has 0 aliphatic carbocycles. The molecule has 0 saturated heterocycles. The second-order valence-electron chi connectivity index (χ2n) is 0. The fourth-order valence-corrected chi connectivity index (χ4v) is 0. The van der Waals surface area contributed by atoms with Crippen molar-refractivity contribution in [3.8, 4) is 0 Å². The molecule has 0 amide bonds. The summed E-state index contributed by atoms with van der Waals surface area (Å²) in [5.41, 5.74) is 0. The van der Waals surface area contributed by atoms with Gasteiger partial charge in [0.1, 0.15) is 0 Å². The van der Waals surface area contributed by atoms with Crippen molar-refractivity contribution in [1.29, 1.82) is 0 Å². The Balaban J connectivity index is 0. The monoisotopic (exact) mass is 130 g/mol. The van der Waals surface area contributed by atoms with Crippen LogP contribution in [-0.2, 0) is 0 Å². The van der Waals surface area contributed by atoms with E-state index in [0.29, 0.717) is 0 Å². The van der Waals surface area contributed by atoms with Crippen LogP contribution in [0.15, 0.2) is 0 Å². The third kappa shape index (κ3) is 8.84. The molecule has 0 aliphatic heterocycles. The van der Waals surface area contributed by atoms with Gasteiger partial charge in [-0.15, -0.1) is 0 Å². The molecule has 0 saturated carbocycles. The first-order chi connectivity index (χ1) is 0. The Bertz CT molecular complexity index is 8.00. The molecule has 0 spiro atoms. The molecule has 0 atom stereocenters. The van der Waals surface area contributed by atoms with E-state index >= 15 is 0 Å². The van der Waals surface area contributed by atoms with Gasteiger partial charge in [0, 0.05) is 0 Å². The molecule has 0 aliphatic rings. The van der Waals surface area contributed by atoms with E-state index in [4.69, 9.17) is 0 Å². The van der Waals surface area contributed by atoms with E-state index in [1.165, 1.54) is 0 Å². The van der Waals surface area contributed by atoms with E-state index in [9.17, 15) is 0 Å². The maximum absolute atomic E-state index is 0. The van der Waals surface area contributed by atoms with Crippen LogP contribution in [0.25, 0.3) is 0 Å². The maximum Gasteiger partial charge on any atom is 0.316 e. The topological polar surface area (TPSA) is 0 Å². The predicted octanol–water partition coefficient (Wildman–Crippen LogP) is -4.47. The van der Waals surface area contributed by atoms with Gasteiger partial charge in [-0.05, 0) is 11.0 Å². The second-order valence-corrected chi connectivity index (χ2v) is 0. The molecule has 0 rings (SSSR count). The largest absolute Gasteiger partial charge is 0.316 e. The Morgan fingerprint density at radius 1 is 1.00 bits per heavy atom. The fraction of sp³-hybridized carbons (Fsp3) is 0. The zero-order valence-corrected chi connectivity index (χ0v) is 0. The third-order valence-corrected chi connectivity index (χ3v) is 0. The molecule has 0 aromatic heterocycles. The number of hydrogen-bond acceptors (Lipinski definition) is 0. The van der Waals surface area contributed by atoms with Gasteiger partial charge >= 0.3 is 60.8 Å². The van der Waals surface area contributed by atoms with E-state index < -0.39 is 0 Å². The van der Waals surface area contributed by atoms with Crippen LogP contribution >= 0.6 is 0 Å². The summed E-state index contributed by atoms with van der Waals surface area (Å²) in [7, 11) is 0. The fourth-order valence-electron chi connectivity index (χ4n) is 0. The van der Waals surface area contributed by atoms with Crippen molar-refractivity contribution in [2.45, 2.75) is 0 Å². The average molecular weight is 131 g/mol. The summed E-state index contributed by atoms with van der Waals surface area (Å²) in [6, 6.07) is 0. The molecule has 0 heterocycles. The minimum atomic E-state index is 0. The average Bonchev–Trinajstić information content (AvgIpc) is 0. The zero-order chi connectivity index (χ0) is 0. The van der Waals surface area contributed by atoms with Crippen molar-refractivity contribution in [3.63, 3.8) is 0 Å². The molecular formula is H11AlCaMgSi. The SMILES string of the molecule is [AlH3].[CaH2].[MgH2].[SiH4]. The van der Waals surface area contributed by atoms with Crippen molar-refractivity contribution in [1.82, 2.24) is 0 Å². The first-order valence-corrected chi connectivity index (χ1v) is 0. The van der Waals surface area contributed by atoms with Gasteiger partial charge < -0.3 is 0 Å². The molecule has 0 nitrogen and oxygen atoms in total. The normalized spacial score (nSPS) is 0. The molecule has 0 aromatic carbocycles. The zero-order valence-electron chi connectivity index (χ0n) is 0. The van der Waals surface area contributed by atoms with E-state index in [1.807, 2.05) is 0 Å². The van der Waals surface area contributed by atoms with Gasteiger partial charge in [0.05, 0.1) is 0 Å². The molecule has 0 unspecified atom stereocenters. The summed E-state index contributed by atoms with van der Waals surface area (Å²) >= 11 is 0. The predicted molar refractivity (Wildman–Crippen MR) is 38.4 cm³/mol. The molecular weight excluding hydrogens is 119 g/mol. The van der Waals surface area contributed by atoms with Gasteiger partial charge in [0.2, 0.25) is 0 Å². The van der Waals surface area contributed by atoms with Crippen LogP contribution in [0.4, 0.5) is 0 Å². The van der Waals surface area contributed by atoms with Crippen LogP contribution in [0.3, 0.4) is 0 Å². The summed E-state index contributed by atoms with van der Waals surface area (Å²) < 4.78 is 0. The molecule has 0 bridgehead atoms. The molecule has 22 valence electrons. The van der Waals surface area contributed by atoms with Gasteiger partial charge in [-0.2, -0.15) is 0 Å². The van der Waals surface area contributed by atoms with E-state index in [1.54, 1.807) is 0 Å². The number of hydrogen-bond donors (Lipinski definition) is 0. The molecule has 4 heavy (non-hydrogen) atoms. The molecule has 0 radical (unpaired) electrons. The van der Waals surface area contributed by atoms with Crippen molar-refractivity contribution in [2.24, 2.45) is 0 Å². The third-order valence-electron chi connectivity index (χ3n) is 0. The maximum atomic E-state index is 0. The summed E-state index contributed by atoms with van der Waals surface area (Å²) in [6.45, 7) is 0. The van der Waals surface area contributed by atoms with Gasteiger partial charge in [0.15, 0.2) is 17.4 Å². The summed E-state index contributed by atoms with van der Waals surface area (Å²) in [6.07, 6.45) is 0. The van der Waals surface area contributed by atoms with Gasteiger partial charge in [0.25, 0.3) is 0 Å². The van der Waals surface area contributed by atoms with Crippen LogP contribution in [-0.4, -0.2) is 89.1 Å². The standard InChI is InChI=1S/Al.Ca.Mg.H4Si.7H/h;;;1H4;;;;;;;. The smallest absolute Gasteiger partial charge is 0.0149 e. The van der Waals surface area contributed by atoms with E-state index in [2.05, 4.69) is 0 Å². The summed E-state index contributed by atoms with van der Waals surface area (Å²) in [5, 5.41) is 0. The Hall–Kier alpha value is 2.78. The van der Waals surface area contributed by atoms with Crippen LogP contribution in [0, 0.1) is 0 Å². The van der Waals surface area contributed by atoms with Gasteiger partial charge in [-0.3, -0.25) is 0 Å². The molecule has 0 N–H and O–H groups in total. The first kappa shape index (κ1) is 29.3. The first-order valence-electron chi connectivity index (χ1n) is 0. The minimum Gasteiger partial charge on any atom is -0.0149 e. The minimum absolute atomic E-state index is 0. The quantitative estimate of drug-likeness (QED) is 0.290. The van der Waals surface area contributed by atoms with Crippen LogP contribution in [0.1, 0.15) is 0 Å². The summed E-state index contributed by atoms with van der Waals surface area (Å²) in [5.74, 6) is 0. The Kier molecular flexibility index (Phi) is 125. The number of rotatable bonds is 0. The van der Waals surface area contributed by atoms with Crippen molar-refractivity contribution in [2.75, 3.05) is 0 Å². The van der Waals surface area contributed by atoms with Crippen molar-refractivity contribution < 1.29 is 0 Å². The Labute approximate surface area is 87.4 Å². The Morgan fingerprint density at radius 3 is 1.00 bits per heavy atom. The van der Waals surface area contributed by atoms with Crippen LogP contribution < -0.4 is 0 Å². The van der Waals surface area contributed by atoms with Gasteiger partial charge in [-0.1, -0.05) is 0 Å². The summed E-state index contributed by atoms with van der Waals surface area (Å²) in [4.78, 5) is 0. The van der Waals surface area contributed by atoms with Gasteiger partial charge in [-0.25, -0.2) is 0 Å². The van der Waals surface area contributed by atoms with Crippen molar-refractivity contribution >= 4 is 89.1 Å². The molecule has 0 aromatic rings.